The van der Waals surface area contributed by atoms with Gasteiger partial charge in [-0.3, -0.25) is 9.89 Å². The Balaban J connectivity index is 1.56. The van der Waals surface area contributed by atoms with Gasteiger partial charge in [-0.2, -0.15) is 5.10 Å². The summed E-state index contributed by atoms with van der Waals surface area (Å²) in [5.41, 5.74) is 3.24. The molecule has 0 unspecified atom stereocenters. The van der Waals surface area contributed by atoms with Gasteiger partial charge in [0.25, 0.3) is 5.91 Å². The highest BCUT2D eigenvalue weighted by atomic mass is 35.5. The summed E-state index contributed by atoms with van der Waals surface area (Å²) >= 11 is 12.7. The molecule has 3 heterocycles. The van der Waals surface area contributed by atoms with Gasteiger partial charge in [0.15, 0.2) is 0 Å². The van der Waals surface area contributed by atoms with Crippen LogP contribution in [0.1, 0.15) is 41.7 Å². The smallest absolute Gasteiger partial charge is 0.291 e. The molecule has 0 spiro atoms. The fourth-order valence-corrected chi connectivity index (χ4v) is 4.89. The normalized spacial score (nSPS) is 15.7. The average molecular weight is 487 g/mol. The Morgan fingerprint density at radius 2 is 1.91 bits per heavy atom. The third-order valence-electron chi connectivity index (χ3n) is 6.09. The monoisotopic (exact) mass is 486 g/mol. The van der Waals surface area contributed by atoms with Gasteiger partial charge >= 0.3 is 0 Å². The summed E-state index contributed by atoms with van der Waals surface area (Å²) in [4.78, 5) is 14.0. The van der Waals surface area contributed by atoms with Gasteiger partial charge in [-0.1, -0.05) is 36.0 Å². The molecule has 5 rings (SSSR count). The number of carbonyl (C=O) groups is 1. The summed E-state index contributed by atoms with van der Waals surface area (Å²) in [6.45, 7) is 1.76. The molecule has 9 heteroatoms. The summed E-state index contributed by atoms with van der Waals surface area (Å²) < 4.78 is 11.3. The van der Waals surface area contributed by atoms with Crippen LogP contribution in [-0.2, 0) is 6.61 Å². The maximum absolute atomic E-state index is 14.0. The van der Waals surface area contributed by atoms with E-state index in [2.05, 4.69) is 15.2 Å². The topological polar surface area (TPSA) is 70.7 Å². The molecule has 3 aromatic rings. The number of halogens is 2. The summed E-state index contributed by atoms with van der Waals surface area (Å²) in [6, 6.07) is 10.8. The zero-order valence-electron chi connectivity index (χ0n) is 18.2. The third-order valence-corrected chi connectivity index (χ3v) is 6.63. The van der Waals surface area contributed by atoms with Gasteiger partial charge in [0.05, 0.1) is 17.8 Å². The van der Waals surface area contributed by atoms with E-state index in [9.17, 15) is 4.79 Å². The van der Waals surface area contributed by atoms with E-state index in [0.29, 0.717) is 38.6 Å². The first kappa shape index (κ1) is 22.1. The van der Waals surface area contributed by atoms with E-state index in [1.807, 2.05) is 18.2 Å². The number of methoxy groups -OCH3 is 1. The van der Waals surface area contributed by atoms with Gasteiger partial charge in [-0.15, -0.1) is 0 Å². The second kappa shape index (κ2) is 9.25. The summed E-state index contributed by atoms with van der Waals surface area (Å²) in [5, 5.41) is 12.1. The predicted octanol–water partition coefficient (Wildman–Crippen LogP) is 5.72. The van der Waals surface area contributed by atoms with E-state index in [0.717, 1.165) is 49.9 Å². The Kier molecular flexibility index (Phi) is 6.19. The second-order valence-electron chi connectivity index (χ2n) is 8.16. The highest BCUT2D eigenvalue weighted by Crippen LogP contribution is 2.40. The number of nitrogens with one attached hydrogen (secondary N) is 1. The Labute approximate surface area is 202 Å². The molecule has 0 bridgehead atoms. The third kappa shape index (κ3) is 4.16. The molecule has 0 aliphatic carbocycles. The average Bonchev–Trinajstić information content (AvgIpc) is 3.08. The number of aromatic amines is 1. The van der Waals surface area contributed by atoms with Crippen LogP contribution in [-0.4, -0.2) is 41.3 Å². The van der Waals surface area contributed by atoms with Crippen molar-refractivity contribution in [1.82, 2.24) is 15.2 Å². The van der Waals surface area contributed by atoms with E-state index in [4.69, 9.17) is 32.7 Å². The number of fused-ring (bicyclic) bond motifs is 3. The Morgan fingerprint density at radius 3 is 2.64 bits per heavy atom. The lowest BCUT2D eigenvalue weighted by molar-refractivity contribution is 0.0888. The first-order valence-corrected chi connectivity index (χ1v) is 11.7. The van der Waals surface area contributed by atoms with Crippen molar-refractivity contribution in [1.29, 1.82) is 0 Å². The van der Waals surface area contributed by atoms with Gasteiger partial charge < -0.3 is 9.47 Å². The number of hydrazine groups is 1. The van der Waals surface area contributed by atoms with Crippen LogP contribution in [0, 0.1) is 0 Å². The van der Waals surface area contributed by atoms with Crippen LogP contribution >= 0.6 is 23.2 Å². The SMILES string of the molecule is COc1ccc2c(c1)OCc1c-2n[nH]c1C(=O)N(c1ccc(Cl)cc1Cl)N1CCCCCC1. The number of hydrogen-bond donors (Lipinski definition) is 1. The molecule has 1 aromatic heterocycles. The zero-order valence-corrected chi connectivity index (χ0v) is 19.7. The number of ether oxygens (including phenoxy) is 2. The van der Waals surface area contributed by atoms with E-state index < -0.39 is 0 Å². The Morgan fingerprint density at radius 1 is 1.12 bits per heavy atom. The standard InChI is InChI=1S/C24H24Cl2N4O3/c1-32-16-7-8-17-21(13-16)33-14-18-22(17)27-28-23(18)24(31)30(29-10-4-2-3-5-11-29)20-9-6-15(25)12-19(20)26/h6-9,12-13H,2-5,10-11,14H2,1H3,(H,27,28). The van der Waals surface area contributed by atoms with Crippen molar-refractivity contribution in [3.63, 3.8) is 0 Å². The molecule has 2 aromatic carbocycles. The molecule has 1 saturated heterocycles. The van der Waals surface area contributed by atoms with Crippen molar-refractivity contribution in [2.75, 3.05) is 25.2 Å². The zero-order chi connectivity index (χ0) is 22.9. The number of aromatic nitrogens is 2. The van der Waals surface area contributed by atoms with Crippen LogP contribution in [0.3, 0.4) is 0 Å². The minimum Gasteiger partial charge on any atom is -0.497 e. The van der Waals surface area contributed by atoms with E-state index in [1.165, 1.54) is 0 Å². The molecule has 2 aliphatic heterocycles. The van der Waals surface area contributed by atoms with Crippen molar-refractivity contribution >= 4 is 34.8 Å². The van der Waals surface area contributed by atoms with Crippen LogP contribution in [0.4, 0.5) is 5.69 Å². The maximum Gasteiger partial charge on any atom is 0.291 e. The van der Waals surface area contributed by atoms with Crippen molar-refractivity contribution in [3.8, 4) is 22.8 Å². The van der Waals surface area contributed by atoms with Gasteiger partial charge in [0.2, 0.25) is 0 Å². The van der Waals surface area contributed by atoms with E-state index >= 15 is 0 Å². The number of carbonyl (C=O) groups excluding carboxylic acids is 1. The second-order valence-corrected chi connectivity index (χ2v) is 9.00. The van der Waals surface area contributed by atoms with E-state index in [-0.39, 0.29) is 12.5 Å². The Bertz CT molecular complexity index is 1190. The minimum absolute atomic E-state index is 0.226. The molecule has 2 aliphatic rings. The summed E-state index contributed by atoms with van der Waals surface area (Å²) in [5.74, 6) is 1.15. The Hall–Kier alpha value is -2.74. The minimum atomic E-state index is -0.226. The highest BCUT2D eigenvalue weighted by Gasteiger charge is 2.33. The van der Waals surface area contributed by atoms with Gasteiger partial charge in [-0.05, 0) is 43.2 Å². The fraction of sp³-hybridized carbons (Fsp3) is 0.333. The van der Waals surface area contributed by atoms with Crippen molar-refractivity contribution in [2.24, 2.45) is 0 Å². The summed E-state index contributed by atoms with van der Waals surface area (Å²) in [6.07, 6.45) is 4.30. The number of rotatable bonds is 4. The number of hydrogen-bond acceptors (Lipinski definition) is 5. The van der Waals surface area contributed by atoms with Crippen LogP contribution in [0.2, 0.25) is 10.0 Å². The maximum atomic E-state index is 14.0. The lowest BCUT2D eigenvalue weighted by Gasteiger charge is -2.34. The fourth-order valence-electron chi connectivity index (χ4n) is 4.40. The molecule has 0 radical (unpaired) electrons. The highest BCUT2D eigenvalue weighted by molar-refractivity contribution is 6.37. The van der Waals surface area contributed by atoms with Gasteiger partial charge in [0.1, 0.15) is 29.5 Å². The lowest BCUT2D eigenvalue weighted by Crippen LogP contribution is -2.48. The molecule has 33 heavy (non-hydrogen) atoms. The van der Waals surface area contributed by atoms with Crippen LogP contribution < -0.4 is 14.5 Å². The first-order valence-electron chi connectivity index (χ1n) is 11.0. The molecule has 0 saturated carbocycles. The van der Waals surface area contributed by atoms with Crippen LogP contribution in [0.15, 0.2) is 36.4 Å². The summed E-state index contributed by atoms with van der Waals surface area (Å²) in [7, 11) is 1.61. The quantitative estimate of drug-likeness (QED) is 0.510. The van der Waals surface area contributed by atoms with Crippen LogP contribution in [0.25, 0.3) is 11.3 Å². The number of amides is 1. The molecule has 1 N–H and O–H groups in total. The molecule has 0 atom stereocenters. The van der Waals surface area contributed by atoms with Gasteiger partial charge in [-0.25, -0.2) is 10.0 Å². The van der Waals surface area contributed by atoms with Gasteiger partial charge in [0, 0.05) is 35.3 Å². The molecule has 1 amide bonds. The number of anilines is 1. The van der Waals surface area contributed by atoms with Crippen molar-refractivity contribution in [2.45, 2.75) is 32.3 Å². The number of H-pyrrole nitrogens is 1. The first-order chi connectivity index (χ1) is 16.1. The number of benzene rings is 2. The molecular formula is C24H24Cl2N4O3. The molecular weight excluding hydrogens is 463 g/mol. The van der Waals surface area contributed by atoms with Crippen LogP contribution in [0.5, 0.6) is 11.5 Å². The molecule has 7 nitrogen and oxygen atoms in total. The lowest BCUT2D eigenvalue weighted by atomic mass is 10.0. The van der Waals surface area contributed by atoms with E-state index in [1.54, 1.807) is 30.3 Å². The predicted molar refractivity (Wildman–Crippen MR) is 128 cm³/mol. The number of nitrogens with zero attached hydrogens (tertiary/aromatic N) is 3. The largest absolute Gasteiger partial charge is 0.497 e. The van der Waals surface area contributed by atoms with Crippen molar-refractivity contribution in [3.05, 3.63) is 57.7 Å². The van der Waals surface area contributed by atoms with Crippen molar-refractivity contribution < 1.29 is 14.3 Å². The molecule has 1 fully saturated rings. The molecule has 172 valence electrons.